The van der Waals surface area contributed by atoms with Gasteiger partial charge in [0.05, 0.1) is 12.4 Å². The van der Waals surface area contributed by atoms with Crippen molar-refractivity contribution in [3.05, 3.63) is 24.3 Å². The number of benzene rings is 1. The Hall–Kier alpha value is -0.960. The van der Waals surface area contributed by atoms with Crippen molar-refractivity contribution in [1.82, 2.24) is 0 Å². The lowest BCUT2D eigenvalue weighted by molar-refractivity contribution is -0.116. The van der Waals surface area contributed by atoms with Gasteiger partial charge in [0, 0.05) is 4.90 Å². The van der Waals surface area contributed by atoms with E-state index in [2.05, 4.69) is 0 Å². The van der Waals surface area contributed by atoms with Crippen molar-refractivity contribution in [2.75, 3.05) is 7.11 Å². The highest BCUT2D eigenvalue weighted by Crippen LogP contribution is 2.25. The molecule has 0 heterocycles. The molecule has 76 valence electrons. The Bertz CT molecular complexity index is 306. The second-order valence-corrected chi connectivity index (χ2v) is 4.46. The molecule has 0 saturated carbocycles. The van der Waals surface area contributed by atoms with Gasteiger partial charge in [-0.15, -0.1) is 11.8 Å². The molecule has 0 radical (unpaired) electrons. The van der Waals surface area contributed by atoms with Gasteiger partial charge in [-0.1, -0.05) is 0 Å². The highest BCUT2D eigenvalue weighted by Gasteiger charge is 2.08. The lowest BCUT2D eigenvalue weighted by atomic mass is 10.3. The Morgan fingerprint density at radius 1 is 1.36 bits per heavy atom. The number of carbonyl (C=O) groups excluding carboxylic acids is 1. The summed E-state index contributed by atoms with van der Waals surface area (Å²) in [6.07, 6.45) is 0. The molecule has 0 aliphatic carbocycles. The number of thioether (sulfide) groups is 1. The summed E-state index contributed by atoms with van der Waals surface area (Å²) in [6, 6.07) is 7.72. The van der Waals surface area contributed by atoms with Crippen LogP contribution in [0.5, 0.6) is 5.75 Å². The minimum absolute atomic E-state index is 0.0170. The molecule has 2 nitrogen and oxygen atoms in total. The van der Waals surface area contributed by atoms with Gasteiger partial charge in [0.25, 0.3) is 0 Å². The average Bonchev–Trinajstić information content (AvgIpc) is 2.19. The van der Waals surface area contributed by atoms with Crippen LogP contribution in [0.2, 0.25) is 0 Å². The molecule has 0 N–H and O–H groups in total. The summed E-state index contributed by atoms with van der Waals surface area (Å²) < 4.78 is 5.05. The molecule has 0 bridgehead atoms. The number of ether oxygens (including phenoxy) is 1. The third kappa shape index (κ3) is 3.07. The number of hydrogen-bond donors (Lipinski definition) is 0. The number of Topliss-reactive ketones (excluding diaryl/α,β-unsaturated/α-hetero) is 1. The molecule has 0 spiro atoms. The van der Waals surface area contributed by atoms with Crippen LogP contribution in [0.4, 0.5) is 0 Å². The number of methoxy groups -OCH3 is 1. The minimum atomic E-state index is 0.0170. The van der Waals surface area contributed by atoms with Crippen LogP contribution in [-0.2, 0) is 4.79 Å². The molecule has 0 amide bonds. The average molecular weight is 210 g/mol. The van der Waals surface area contributed by atoms with Crippen molar-refractivity contribution >= 4 is 17.5 Å². The van der Waals surface area contributed by atoms with E-state index in [4.69, 9.17) is 4.74 Å². The molecule has 0 aromatic heterocycles. The number of rotatable bonds is 4. The molecule has 0 aliphatic rings. The van der Waals surface area contributed by atoms with Gasteiger partial charge >= 0.3 is 0 Å². The fourth-order valence-corrected chi connectivity index (χ4v) is 1.81. The quantitative estimate of drug-likeness (QED) is 0.715. The highest BCUT2D eigenvalue weighted by molar-refractivity contribution is 8.00. The zero-order valence-corrected chi connectivity index (χ0v) is 9.43. The largest absolute Gasteiger partial charge is 0.497 e. The van der Waals surface area contributed by atoms with Gasteiger partial charge in [0.15, 0.2) is 0 Å². The van der Waals surface area contributed by atoms with E-state index in [1.54, 1.807) is 25.8 Å². The molecule has 0 saturated heterocycles. The van der Waals surface area contributed by atoms with Gasteiger partial charge in [-0.2, -0.15) is 0 Å². The topological polar surface area (TPSA) is 26.3 Å². The fraction of sp³-hybridized carbons (Fsp3) is 0.364. The minimum Gasteiger partial charge on any atom is -0.497 e. The van der Waals surface area contributed by atoms with Crippen molar-refractivity contribution in [1.29, 1.82) is 0 Å². The molecule has 3 heteroatoms. The van der Waals surface area contributed by atoms with Crippen molar-refractivity contribution in [3.8, 4) is 5.75 Å². The molecule has 1 aromatic carbocycles. The standard InChI is InChI=1S/C11H14O2S/c1-8(12)9(2)14-11-6-4-10(13-3)5-7-11/h4-7,9H,1-3H3. The Kier molecular flexibility index (Phi) is 4.01. The maximum absolute atomic E-state index is 11.0. The van der Waals surface area contributed by atoms with E-state index in [1.165, 1.54) is 0 Å². The third-order valence-electron chi connectivity index (χ3n) is 1.94. The molecule has 0 aliphatic heterocycles. The van der Waals surface area contributed by atoms with Crippen molar-refractivity contribution in [3.63, 3.8) is 0 Å². The van der Waals surface area contributed by atoms with E-state index in [9.17, 15) is 4.79 Å². The molecule has 1 atom stereocenters. The summed E-state index contributed by atoms with van der Waals surface area (Å²) in [5, 5.41) is 0.0170. The summed E-state index contributed by atoms with van der Waals surface area (Å²) in [4.78, 5) is 12.1. The summed E-state index contributed by atoms with van der Waals surface area (Å²) >= 11 is 1.57. The van der Waals surface area contributed by atoms with Crippen LogP contribution in [0.25, 0.3) is 0 Å². The Labute approximate surface area is 88.7 Å². The van der Waals surface area contributed by atoms with E-state index in [0.29, 0.717) is 0 Å². The van der Waals surface area contributed by atoms with E-state index in [0.717, 1.165) is 10.6 Å². The van der Waals surface area contributed by atoms with Crippen LogP contribution >= 0.6 is 11.8 Å². The van der Waals surface area contributed by atoms with Crippen LogP contribution in [0.1, 0.15) is 13.8 Å². The molecular weight excluding hydrogens is 196 g/mol. The number of ketones is 1. The smallest absolute Gasteiger partial charge is 0.142 e. The van der Waals surface area contributed by atoms with Crippen LogP contribution in [0.3, 0.4) is 0 Å². The first kappa shape index (κ1) is 11.1. The molecule has 0 fully saturated rings. The van der Waals surface area contributed by atoms with E-state index in [1.807, 2.05) is 31.2 Å². The summed E-state index contributed by atoms with van der Waals surface area (Å²) in [7, 11) is 1.64. The number of hydrogen-bond acceptors (Lipinski definition) is 3. The summed E-state index contributed by atoms with van der Waals surface area (Å²) in [5.74, 6) is 1.04. The lowest BCUT2D eigenvalue weighted by Gasteiger charge is -2.07. The van der Waals surface area contributed by atoms with Gasteiger partial charge < -0.3 is 4.74 Å². The molecule has 14 heavy (non-hydrogen) atoms. The van der Waals surface area contributed by atoms with Crippen molar-refractivity contribution in [2.45, 2.75) is 24.0 Å². The summed E-state index contributed by atoms with van der Waals surface area (Å²) in [6.45, 7) is 3.53. The highest BCUT2D eigenvalue weighted by atomic mass is 32.2. The maximum Gasteiger partial charge on any atom is 0.142 e. The number of carbonyl (C=O) groups is 1. The van der Waals surface area contributed by atoms with Crippen molar-refractivity contribution < 1.29 is 9.53 Å². The fourth-order valence-electron chi connectivity index (χ4n) is 0.941. The van der Waals surface area contributed by atoms with E-state index >= 15 is 0 Å². The Balaban J connectivity index is 2.64. The molecule has 1 rings (SSSR count). The monoisotopic (exact) mass is 210 g/mol. The first-order chi connectivity index (χ1) is 6.63. The molecule has 1 unspecified atom stereocenters. The maximum atomic E-state index is 11.0. The van der Waals surface area contributed by atoms with Crippen LogP contribution in [0.15, 0.2) is 29.2 Å². The SMILES string of the molecule is COc1ccc(SC(C)C(C)=O)cc1. The van der Waals surface area contributed by atoms with Crippen LogP contribution < -0.4 is 4.74 Å². The second-order valence-electron chi connectivity index (χ2n) is 3.05. The predicted octanol–water partition coefficient (Wildman–Crippen LogP) is 2.76. The Morgan fingerprint density at radius 3 is 2.36 bits per heavy atom. The first-order valence-corrected chi connectivity index (χ1v) is 5.32. The van der Waals surface area contributed by atoms with Gasteiger partial charge in [0.2, 0.25) is 0 Å². The van der Waals surface area contributed by atoms with Gasteiger partial charge in [0.1, 0.15) is 11.5 Å². The summed E-state index contributed by atoms with van der Waals surface area (Å²) in [5.41, 5.74) is 0. The van der Waals surface area contributed by atoms with Crippen molar-refractivity contribution in [2.24, 2.45) is 0 Å². The molecule has 1 aromatic rings. The van der Waals surface area contributed by atoms with Gasteiger partial charge in [-0.3, -0.25) is 4.79 Å². The van der Waals surface area contributed by atoms with E-state index < -0.39 is 0 Å². The van der Waals surface area contributed by atoms with Gasteiger partial charge in [-0.25, -0.2) is 0 Å². The Morgan fingerprint density at radius 2 is 1.93 bits per heavy atom. The molecular formula is C11H14O2S. The van der Waals surface area contributed by atoms with Crippen LogP contribution in [-0.4, -0.2) is 18.1 Å². The van der Waals surface area contributed by atoms with Crippen LogP contribution in [0, 0.1) is 0 Å². The zero-order chi connectivity index (χ0) is 10.6. The zero-order valence-electron chi connectivity index (χ0n) is 8.61. The third-order valence-corrected chi connectivity index (χ3v) is 3.17. The lowest BCUT2D eigenvalue weighted by Crippen LogP contribution is -2.07. The van der Waals surface area contributed by atoms with Gasteiger partial charge in [-0.05, 0) is 38.1 Å². The second kappa shape index (κ2) is 5.05. The first-order valence-electron chi connectivity index (χ1n) is 4.44. The van der Waals surface area contributed by atoms with E-state index in [-0.39, 0.29) is 11.0 Å². The normalized spacial score (nSPS) is 12.2. The predicted molar refractivity (Wildman–Crippen MR) is 59.0 cm³/mol.